The number of rotatable bonds is 5. The molecule has 0 aromatic rings. The monoisotopic (exact) mass is 404 g/mol. The van der Waals surface area contributed by atoms with Crippen molar-refractivity contribution in [2.75, 3.05) is 0 Å². The fourth-order valence-corrected chi connectivity index (χ4v) is 9.30. The average molecular weight is 405 g/mol. The molecule has 0 aromatic carbocycles. The second-order valence-electron chi connectivity index (χ2n) is 12.9. The van der Waals surface area contributed by atoms with E-state index < -0.39 is 5.60 Å². The third-order valence-electron chi connectivity index (χ3n) is 10.9. The second-order valence-corrected chi connectivity index (χ2v) is 12.9. The zero-order valence-corrected chi connectivity index (χ0v) is 19.9. The standard InChI is InChI=1S/C27H48O2/c1-18(2)7-6-14-27(5,29)24-11-10-22-21-9-8-19-17-20(28)12-15-25(19,3)23(21)13-16-26(22,24)4/h18-24,28-29H,6-17H2,1-5H3/t19-,20-,21?,22-,23-,24-,25-,26-,27+/m0/s1. The fraction of sp³-hybridized carbons (Fsp3) is 1.00. The Bertz CT molecular complexity index is 583. The van der Waals surface area contributed by atoms with Gasteiger partial charge < -0.3 is 10.2 Å². The maximum atomic E-state index is 11.6. The van der Waals surface area contributed by atoms with Crippen LogP contribution in [0.15, 0.2) is 0 Å². The van der Waals surface area contributed by atoms with Gasteiger partial charge in [0.1, 0.15) is 0 Å². The SMILES string of the molecule is CC(C)CCC[C@@](C)(O)[C@H]1CC[C@H]2C3CC[C@H]4C[C@@H](O)CC[C@]4(C)[C@H]3CC[C@@]21C. The molecule has 0 aromatic heterocycles. The maximum Gasteiger partial charge on any atom is 0.0653 e. The molecule has 168 valence electrons. The van der Waals surface area contributed by atoms with Crippen molar-refractivity contribution in [2.24, 2.45) is 46.3 Å². The summed E-state index contributed by atoms with van der Waals surface area (Å²) in [5.41, 5.74) is 0.294. The molecule has 4 aliphatic carbocycles. The first-order chi connectivity index (χ1) is 13.6. The minimum atomic E-state index is -0.499. The van der Waals surface area contributed by atoms with Crippen LogP contribution in [-0.2, 0) is 0 Å². The zero-order chi connectivity index (χ0) is 21.0. The van der Waals surface area contributed by atoms with Crippen LogP contribution in [0.5, 0.6) is 0 Å². The third-order valence-corrected chi connectivity index (χ3v) is 10.9. The van der Waals surface area contributed by atoms with Gasteiger partial charge in [0.15, 0.2) is 0 Å². The van der Waals surface area contributed by atoms with E-state index in [4.69, 9.17) is 0 Å². The van der Waals surface area contributed by atoms with Crippen LogP contribution >= 0.6 is 0 Å². The summed E-state index contributed by atoms with van der Waals surface area (Å²) >= 11 is 0. The van der Waals surface area contributed by atoms with Gasteiger partial charge in [0.05, 0.1) is 11.7 Å². The summed E-state index contributed by atoms with van der Waals surface area (Å²) in [6.07, 6.45) is 14.6. The molecule has 0 saturated heterocycles. The molecule has 4 saturated carbocycles. The van der Waals surface area contributed by atoms with Crippen molar-refractivity contribution in [1.29, 1.82) is 0 Å². The van der Waals surface area contributed by atoms with Gasteiger partial charge in [0, 0.05) is 0 Å². The molecule has 4 aliphatic rings. The lowest BCUT2D eigenvalue weighted by Gasteiger charge is -2.61. The Labute approximate surface area is 180 Å². The largest absolute Gasteiger partial charge is 0.393 e. The van der Waals surface area contributed by atoms with Crippen LogP contribution in [0.1, 0.15) is 112 Å². The summed E-state index contributed by atoms with van der Waals surface area (Å²) in [7, 11) is 0. The molecule has 2 heteroatoms. The van der Waals surface area contributed by atoms with E-state index in [0.29, 0.717) is 16.7 Å². The summed E-state index contributed by atoms with van der Waals surface area (Å²) in [5, 5.41) is 21.8. The van der Waals surface area contributed by atoms with Gasteiger partial charge in [-0.25, -0.2) is 0 Å². The van der Waals surface area contributed by atoms with Gasteiger partial charge in [0.25, 0.3) is 0 Å². The highest BCUT2D eigenvalue weighted by atomic mass is 16.3. The molecule has 4 rings (SSSR count). The van der Waals surface area contributed by atoms with Crippen LogP contribution in [-0.4, -0.2) is 21.9 Å². The van der Waals surface area contributed by atoms with Crippen molar-refractivity contribution in [1.82, 2.24) is 0 Å². The second kappa shape index (κ2) is 7.80. The number of hydrogen-bond donors (Lipinski definition) is 2. The molecule has 0 aliphatic heterocycles. The Balaban J connectivity index is 1.50. The first-order valence-corrected chi connectivity index (χ1v) is 13.0. The Morgan fingerprint density at radius 2 is 1.62 bits per heavy atom. The molecular formula is C27H48O2. The fourth-order valence-electron chi connectivity index (χ4n) is 9.30. The van der Waals surface area contributed by atoms with Crippen molar-refractivity contribution in [3.05, 3.63) is 0 Å². The van der Waals surface area contributed by atoms with E-state index in [9.17, 15) is 10.2 Å². The van der Waals surface area contributed by atoms with Gasteiger partial charge in [-0.2, -0.15) is 0 Å². The average Bonchev–Trinajstić information content (AvgIpc) is 3.00. The Morgan fingerprint density at radius 3 is 2.34 bits per heavy atom. The summed E-state index contributed by atoms with van der Waals surface area (Å²) in [6.45, 7) is 11.9. The van der Waals surface area contributed by atoms with Crippen molar-refractivity contribution in [2.45, 2.75) is 123 Å². The van der Waals surface area contributed by atoms with Crippen molar-refractivity contribution >= 4 is 0 Å². The highest BCUT2D eigenvalue weighted by Gasteiger charge is 2.62. The van der Waals surface area contributed by atoms with E-state index in [1.54, 1.807) is 0 Å². The summed E-state index contributed by atoms with van der Waals surface area (Å²) in [4.78, 5) is 0. The molecule has 1 unspecified atom stereocenters. The smallest absolute Gasteiger partial charge is 0.0653 e. The Morgan fingerprint density at radius 1 is 0.931 bits per heavy atom. The summed E-state index contributed by atoms with van der Waals surface area (Å²) in [5.74, 6) is 4.49. The van der Waals surface area contributed by atoms with Gasteiger partial charge in [-0.1, -0.05) is 40.5 Å². The van der Waals surface area contributed by atoms with Gasteiger partial charge in [0.2, 0.25) is 0 Å². The van der Waals surface area contributed by atoms with Gasteiger partial charge in [-0.05, 0) is 117 Å². The lowest BCUT2D eigenvalue weighted by molar-refractivity contribution is -0.144. The molecule has 0 amide bonds. The Kier molecular flexibility index (Phi) is 5.95. The molecule has 0 heterocycles. The molecular weight excluding hydrogens is 356 g/mol. The van der Waals surface area contributed by atoms with Crippen LogP contribution in [0.25, 0.3) is 0 Å². The van der Waals surface area contributed by atoms with E-state index in [2.05, 4.69) is 34.6 Å². The first kappa shape index (κ1) is 22.1. The molecule has 2 nitrogen and oxygen atoms in total. The normalized spacial score (nSPS) is 49.2. The van der Waals surface area contributed by atoms with E-state index in [1.807, 2.05) is 0 Å². The molecule has 0 radical (unpaired) electrons. The first-order valence-electron chi connectivity index (χ1n) is 13.0. The molecule has 0 bridgehead atoms. The number of fused-ring (bicyclic) bond motifs is 5. The van der Waals surface area contributed by atoms with Gasteiger partial charge in [-0.15, -0.1) is 0 Å². The van der Waals surface area contributed by atoms with Crippen LogP contribution in [0.4, 0.5) is 0 Å². The molecule has 0 spiro atoms. The third kappa shape index (κ3) is 3.73. The maximum absolute atomic E-state index is 11.6. The predicted molar refractivity (Wildman–Crippen MR) is 121 cm³/mol. The molecule has 9 atom stereocenters. The number of aliphatic hydroxyl groups is 2. The molecule has 2 N–H and O–H groups in total. The minimum absolute atomic E-state index is 0.0460. The lowest BCUT2D eigenvalue weighted by Crippen LogP contribution is -2.55. The zero-order valence-electron chi connectivity index (χ0n) is 19.9. The highest BCUT2D eigenvalue weighted by molar-refractivity contribution is 5.11. The van der Waals surface area contributed by atoms with E-state index in [1.165, 1.54) is 51.4 Å². The molecule has 4 fully saturated rings. The number of hydrogen-bond acceptors (Lipinski definition) is 2. The van der Waals surface area contributed by atoms with Crippen LogP contribution in [0.2, 0.25) is 0 Å². The summed E-state index contributed by atoms with van der Waals surface area (Å²) in [6, 6.07) is 0. The van der Waals surface area contributed by atoms with Crippen LogP contribution in [0, 0.1) is 46.3 Å². The highest BCUT2D eigenvalue weighted by Crippen LogP contribution is 2.68. The molecule has 29 heavy (non-hydrogen) atoms. The van der Waals surface area contributed by atoms with Gasteiger partial charge >= 0.3 is 0 Å². The van der Waals surface area contributed by atoms with Crippen molar-refractivity contribution in [3.63, 3.8) is 0 Å². The van der Waals surface area contributed by atoms with E-state index >= 15 is 0 Å². The van der Waals surface area contributed by atoms with Crippen LogP contribution < -0.4 is 0 Å². The quantitative estimate of drug-likeness (QED) is 0.543. The van der Waals surface area contributed by atoms with Crippen LogP contribution in [0.3, 0.4) is 0 Å². The Hall–Kier alpha value is -0.0800. The van der Waals surface area contributed by atoms with Gasteiger partial charge in [-0.3, -0.25) is 0 Å². The lowest BCUT2D eigenvalue weighted by atomic mass is 9.44. The predicted octanol–water partition coefficient (Wildman–Crippen LogP) is 6.58. The van der Waals surface area contributed by atoms with Crippen molar-refractivity contribution in [3.8, 4) is 0 Å². The number of aliphatic hydroxyl groups excluding tert-OH is 1. The minimum Gasteiger partial charge on any atom is -0.393 e. The van der Waals surface area contributed by atoms with E-state index in [0.717, 1.165) is 55.3 Å². The topological polar surface area (TPSA) is 40.5 Å². The summed E-state index contributed by atoms with van der Waals surface area (Å²) < 4.78 is 0. The van der Waals surface area contributed by atoms with Crippen molar-refractivity contribution < 1.29 is 10.2 Å². The van der Waals surface area contributed by atoms with E-state index in [-0.39, 0.29) is 6.10 Å².